The molecule has 0 spiro atoms. The minimum atomic E-state index is 0.384. The van der Waals surface area contributed by atoms with Gasteiger partial charge >= 0.3 is 0 Å². The van der Waals surface area contributed by atoms with Crippen molar-refractivity contribution in [3.8, 4) is 0 Å². The molecule has 1 aliphatic heterocycles. The lowest BCUT2D eigenvalue weighted by Crippen LogP contribution is -2.31. The Balaban J connectivity index is 1.55. The zero-order valence-electron chi connectivity index (χ0n) is 10.3. The fourth-order valence-electron chi connectivity index (χ4n) is 2.46. The summed E-state index contributed by atoms with van der Waals surface area (Å²) in [6.07, 6.45) is 3.69. The van der Waals surface area contributed by atoms with E-state index in [4.69, 9.17) is 0 Å². The summed E-state index contributed by atoms with van der Waals surface area (Å²) in [5.41, 5.74) is 1.06. The van der Waals surface area contributed by atoms with Crippen LogP contribution in [0.1, 0.15) is 12.2 Å². The van der Waals surface area contributed by atoms with Crippen LogP contribution in [0.5, 0.6) is 0 Å². The third-order valence-corrected chi connectivity index (χ3v) is 4.39. The van der Waals surface area contributed by atoms with E-state index in [-0.39, 0.29) is 0 Å². The van der Waals surface area contributed by atoms with Crippen LogP contribution in [0, 0.1) is 0 Å². The molecule has 19 heavy (non-hydrogen) atoms. The van der Waals surface area contributed by atoms with Crippen molar-refractivity contribution in [2.45, 2.75) is 25.4 Å². The lowest BCUT2D eigenvalue weighted by atomic mass is 10.1. The number of rotatable bonds is 2. The van der Waals surface area contributed by atoms with E-state index in [1.54, 1.807) is 17.7 Å². The van der Waals surface area contributed by atoms with Crippen molar-refractivity contribution in [1.29, 1.82) is 0 Å². The van der Waals surface area contributed by atoms with Crippen LogP contribution < -0.4 is 5.32 Å². The highest BCUT2D eigenvalue weighted by Gasteiger charge is 2.20. The first-order chi connectivity index (χ1) is 9.38. The van der Waals surface area contributed by atoms with Gasteiger partial charge in [-0.05, 0) is 18.6 Å². The number of nitrogens with zero attached hydrogens (tertiary/aromatic N) is 4. The van der Waals surface area contributed by atoms with E-state index >= 15 is 0 Å². The molecule has 96 valence electrons. The van der Waals surface area contributed by atoms with Crippen LogP contribution in [0.4, 0.5) is 5.13 Å². The smallest absolute Gasteiger partial charge is 0.184 e. The normalized spacial score (nSPS) is 18.4. The molecule has 1 aliphatic rings. The summed E-state index contributed by atoms with van der Waals surface area (Å²) in [5.74, 6) is 1.09. The van der Waals surface area contributed by atoms with Crippen molar-refractivity contribution in [1.82, 2.24) is 19.7 Å². The average Bonchev–Trinajstić information content (AvgIpc) is 3.03. The topological polar surface area (TPSA) is 55.6 Å². The van der Waals surface area contributed by atoms with Gasteiger partial charge in [-0.2, -0.15) is 5.10 Å². The van der Waals surface area contributed by atoms with Gasteiger partial charge in [-0.1, -0.05) is 23.5 Å². The summed E-state index contributed by atoms with van der Waals surface area (Å²) in [4.78, 5) is 8.86. The number of hydrogen-bond acceptors (Lipinski definition) is 5. The minimum absolute atomic E-state index is 0.384. The fourth-order valence-corrected chi connectivity index (χ4v) is 3.41. The molecule has 4 rings (SSSR count). The highest BCUT2D eigenvalue weighted by atomic mass is 32.1. The van der Waals surface area contributed by atoms with E-state index in [1.165, 1.54) is 4.70 Å². The molecule has 0 aliphatic carbocycles. The summed E-state index contributed by atoms with van der Waals surface area (Å²) in [6, 6.07) is 8.61. The number of thiazole rings is 1. The Morgan fingerprint density at radius 2 is 2.26 bits per heavy atom. The maximum Gasteiger partial charge on any atom is 0.184 e. The third-order valence-electron chi connectivity index (χ3n) is 3.43. The van der Waals surface area contributed by atoms with Crippen molar-refractivity contribution < 1.29 is 0 Å². The molecule has 3 aromatic rings. The van der Waals surface area contributed by atoms with Gasteiger partial charge in [0.25, 0.3) is 0 Å². The van der Waals surface area contributed by atoms with E-state index in [9.17, 15) is 0 Å². The average molecular weight is 271 g/mol. The Morgan fingerprint density at radius 3 is 3.21 bits per heavy atom. The largest absolute Gasteiger partial charge is 0.357 e. The van der Waals surface area contributed by atoms with Crippen molar-refractivity contribution in [3.05, 3.63) is 36.4 Å². The van der Waals surface area contributed by atoms with Crippen molar-refractivity contribution in [2.24, 2.45) is 0 Å². The third kappa shape index (κ3) is 1.98. The Kier molecular flexibility index (Phi) is 2.48. The molecule has 6 heteroatoms. The predicted molar refractivity (Wildman–Crippen MR) is 75.4 cm³/mol. The molecule has 5 nitrogen and oxygen atoms in total. The highest BCUT2D eigenvalue weighted by Crippen LogP contribution is 2.27. The standard InChI is InChI=1S/C13H13N5S/c1-2-4-11-10(3-1)17-13(19-11)16-9-5-6-12-14-8-15-18(12)7-9/h1-4,8-9H,5-7H2,(H,16,17)/t9-/m1/s1. The number of para-hydroxylation sites is 1. The summed E-state index contributed by atoms with van der Waals surface area (Å²) >= 11 is 1.71. The Hall–Kier alpha value is -1.95. The molecule has 1 aromatic carbocycles. The van der Waals surface area contributed by atoms with E-state index in [2.05, 4.69) is 26.4 Å². The summed E-state index contributed by atoms with van der Waals surface area (Å²) in [7, 11) is 0. The molecular formula is C13H13N5S. The second-order valence-electron chi connectivity index (χ2n) is 4.73. The molecule has 0 fully saturated rings. The van der Waals surface area contributed by atoms with Gasteiger partial charge in [-0.25, -0.2) is 14.6 Å². The molecule has 1 N–H and O–H groups in total. The van der Waals surface area contributed by atoms with Crippen molar-refractivity contribution in [2.75, 3.05) is 5.32 Å². The van der Waals surface area contributed by atoms with Crippen LogP contribution in [0.25, 0.3) is 10.2 Å². The number of aromatic nitrogens is 4. The van der Waals surface area contributed by atoms with Crippen molar-refractivity contribution >= 4 is 26.7 Å². The second-order valence-corrected chi connectivity index (χ2v) is 5.76. The number of benzene rings is 1. The first kappa shape index (κ1) is 10.9. The molecule has 0 saturated heterocycles. The van der Waals surface area contributed by atoms with Gasteiger partial charge in [-0.15, -0.1) is 0 Å². The van der Waals surface area contributed by atoms with E-state index in [0.29, 0.717) is 6.04 Å². The molecule has 1 atom stereocenters. The molecule has 0 amide bonds. The minimum Gasteiger partial charge on any atom is -0.357 e. The summed E-state index contributed by atoms with van der Waals surface area (Å²) in [6.45, 7) is 0.866. The number of hydrogen-bond donors (Lipinski definition) is 1. The molecular weight excluding hydrogens is 258 g/mol. The molecule has 0 saturated carbocycles. The van der Waals surface area contributed by atoms with Crippen LogP contribution in [0.15, 0.2) is 30.6 Å². The molecule has 0 unspecified atom stereocenters. The monoisotopic (exact) mass is 271 g/mol. The van der Waals surface area contributed by atoms with Gasteiger partial charge in [0, 0.05) is 12.5 Å². The molecule has 0 radical (unpaired) electrons. The number of nitrogens with one attached hydrogen (secondary N) is 1. The first-order valence-electron chi connectivity index (χ1n) is 6.37. The van der Waals surface area contributed by atoms with Crippen LogP contribution >= 0.6 is 11.3 Å². The Bertz CT molecular complexity index is 683. The zero-order valence-corrected chi connectivity index (χ0v) is 11.1. The van der Waals surface area contributed by atoms with Crippen LogP contribution in [-0.2, 0) is 13.0 Å². The predicted octanol–water partition coefficient (Wildman–Crippen LogP) is 2.31. The van der Waals surface area contributed by atoms with E-state index in [0.717, 1.165) is 35.9 Å². The lowest BCUT2D eigenvalue weighted by Gasteiger charge is -2.23. The number of fused-ring (bicyclic) bond motifs is 2. The molecule has 0 bridgehead atoms. The van der Waals surface area contributed by atoms with Crippen LogP contribution in [-0.4, -0.2) is 25.8 Å². The molecule has 2 aromatic heterocycles. The number of aryl methyl sites for hydroxylation is 1. The zero-order chi connectivity index (χ0) is 12.7. The van der Waals surface area contributed by atoms with E-state index in [1.807, 2.05) is 22.9 Å². The quantitative estimate of drug-likeness (QED) is 0.777. The summed E-state index contributed by atoms with van der Waals surface area (Å²) < 4.78 is 3.20. The maximum atomic E-state index is 4.61. The SMILES string of the molecule is c1ccc2sc(N[C@@H]3CCc4ncnn4C3)nc2c1. The number of anilines is 1. The Morgan fingerprint density at radius 1 is 1.32 bits per heavy atom. The van der Waals surface area contributed by atoms with Crippen molar-refractivity contribution in [3.63, 3.8) is 0 Å². The highest BCUT2D eigenvalue weighted by molar-refractivity contribution is 7.22. The fraction of sp³-hybridized carbons (Fsp3) is 0.308. The van der Waals surface area contributed by atoms with Crippen LogP contribution in [0.2, 0.25) is 0 Å². The first-order valence-corrected chi connectivity index (χ1v) is 7.19. The van der Waals surface area contributed by atoms with Crippen LogP contribution in [0.3, 0.4) is 0 Å². The maximum absolute atomic E-state index is 4.61. The lowest BCUT2D eigenvalue weighted by molar-refractivity contribution is 0.441. The van der Waals surface area contributed by atoms with Gasteiger partial charge in [0.15, 0.2) is 5.13 Å². The van der Waals surface area contributed by atoms with Gasteiger partial charge < -0.3 is 5.32 Å². The second kappa shape index (κ2) is 4.31. The van der Waals surface area contributed by atoms with Gasteiger partial charge in [-0.3, -0.25) is 0 Å². The van der Waals surface area contributed by atoms with Gasteiger partial charge in [0.2, 0.25) is 0 Å². The van der Waals surface area contributed by atoms with E-state index < -0.39 is 0 Å². The van der Waals surface area contributed by atoms with Gasteiger partial charge in [0.05, 0.1) is 16.8 Å². The van der Waals surface area contributed by atoms with Gasteiger partial charge in [0.1, 0.15) is 12.2 Å². The summed E-state index contributed by atoms with van der Waals surface area (Å²) in [5, 5.41) is 8.75. The molecule has 3 heterocycles. The Labute approximate surface area is 114 Å².